The Hall–Kier alpha value is -3.27. The van der Waals surface area contributed by atoms with Crippen LogP contribution in [-0.2, 0) is 28.2 Å². The lowest BCUT2D eigenvalue weighted by Crippen LogP contribution is -2.56. The molecule has 3 aromatic rings. The van der Waals surface area contributed by atoms with E-state index in [1.54, 1.807) is 31.5 Å². The fraction of sp³-hybridized carbons (Fsp3) is 0.379. The summed E-state index contributed by atoms with van der Waals surface area (Å²) in [6.07, 6.45) is -1.24. The van der Waals surface area contributed by atoms with Crippen molar-refractivity contribution in [2.75, 3.05) is 26.2 Å². The molecule has 9 heteroatoms. The van der Waals surface area contributed by atoms with Gasteiger partial charge >= 0.3 is 12.1 Å². The molecule has 0 aliphatic carbocycles. The van der Waals surface area contributed by atoms with Crippen molar-refractivity contribution in [3.05, 3.63) is 89.7 Å². The van der Waals surface area contributed by atoms with E-state index in [9.17, 15) is 23.1 Å². The van der Waals surface area contributed by atoms with Crippen LogP contribution in [0.3, 0.4) is 0 Å². The van der Waals surface area contributed by atoms with Gasteiger partial charge < -0.3 is 9.84 Å². The number of aromatic nitrogens is 1. The van der Waals surface area contributed by atoms with Crippen LogP contribution in [0.15, 0.2) is 73.1 Å². The van der Waals surface area contributed by atoms with E-state index in [0.717, 1.165) is 42.3 Å². The topological polar surface area (TPSA) is 65.9 Å². The van der Waals surface area contributed by atoms with Crippen LogP contribution in [-0.4, -0.2) is 64.3 Å². The Kier molecular flexibility index (Phi) is 8.50. The summed E-state index contributed by atoms with van der Waals surface area (Å²) in [6.45, 7) is 6.25. The third-order valence-corrected chi connectivity index (χ3v) is 6.96. The van der Waals surface area contributed by atoms with Crippen molar-refractivity contribution in [1.29, 1.82) is 0 Å². The Bertz CT molecular complexity index is 1200. The van der Waals surface area contributed by atoms with Gasteiger partial charge in [-0.05, 0) is 53.8 Å². The quantitative estimate of drug-likeness (QED) is 0.426. The second-order valence-corrected chi connectivity index (χ2v) is 9.67. The SMILES string of the molecule is CCOC(=O)[C@@H]1CN(Cc2ccncc2)CCN1Cc1ccc(-c2ccc(C(C)(O)C(F)(F)F)cc2)cc1. The maximum Gasteiger partial charge on any atom is 0.421 e. The van der Waals surface area contributed by atoms with Crippen molar-refractivity contribution < 1.29 is 27.8 Å². The summed E-state index contributed by atoms with van der Waals surface area (Å²) in [5, 5.41) is 9.89. The van der Waals surface area contributed by atoms with Crippen molar-refractivity contribution in [3.8, 4) is 11.1 Å². The standard InChI is InChI=1S/C29H32F3N3O3/c1-3-38-27(36)26-20-34(18-22-12-14-33-15-13-22)16-17-35(26)19-21-4-6-23(7-5-21)24-8-10-25(11-9-24)28(2,37)29(30,31)32/h4-15,26,37H,3,16-20H2,1-2H3/t26-,28?/m0/s1. The molecule has 4 rings (SSSR count). The zero-order valence-corrected chi connectivity index (χ0v) is 21.5. The molecule has 1 aliphatic rings. The maximum atomic E-state index is 13.1. The fourth-order valence-corrected chi connectivity index (χ4v) is 4.61. The number of aliphatic hydroxyl groups is 1. The first-order valence-corrected chi connectivity index (χ1v) is 12.6. The van der Waals surface area contributed by atoms with Crippen molar-refractivity contribution in [2.45, 2.75) is 44.8 Å². The maximum absolute atomic E-state index is 13.1. The molecule has 1 saturated heterocycles. The van der Waals surface area contributed by atoms with E-state index in [-0.39, 0.29) is 17.6 Å². The van der Waals surface area contributed by atoms with Crippen LogP contribution in [0.25, 0.3) is 11.1 Å². The number of esters is 1. The van der Waals surface area contributed by atoms with Gasteiger partial charge in [-0.3, -0.25) is 19.6 Å². The number of ether oxygens (including phenoxy) is 1. The predicted octanol–water partition coefficient (Wildman–Crippen LogP) is 4.77. The average molecular weight is 528 g/mol. The van der Waals surface area contributed by atoms with E-state index in [4.69, 9.17) is 4.74 Å². The number of carbonyl (C=O) groups excluding carboxylic acids is 1. The van der Waals surface area contributed by atoms with E-state index in [1.165, 1.54) is 12.1 Å². The number of halogens is 3. The number of pyridine rings is 1. The van der Waals surface area contributed by atoms with Crippen LogP contribution in [0.4, 0.5) is 13.2 Å². The van der Waals surface area contributed by atoms with Crippen LogP contribution in [0.1, 0.15) is 30.5 Å². The number of hydrogen-bond acceptors (Lipinski definition) is 6. The molecule has 0 saturated carbocycles. The molecule has 2 heterocycles. The molecule has 0 radical (unpaired) electrons. The minimum Gasteiger partial charge on any atom is -0.465 e. The molecule has 6 nitrogen and oxygen atoms in total. The minimum absolute atomic E-state index is 0.210. The lowest BCUT2D eigenvalue weighted by molar-refractivity contribution is -0.258. The smallest absolute Gasteiger partial charge is 0.421 e. The molecule has 0 bridgehead atoms. The highest BCUT2D eigenvalue weighted by Crippen LogP contribution is 2.39. The first-order chi connectivity index (χ1) is 18.1. The highest BCUT2D eigenvalue weighted by molar-refractivity contribution is 5.76. The summed E-state index contributed by atoms with van der Waals surface area (Å²) in [5.74, 6) is -0.238. The second-order valence-electron chi connectivity index (χ2n) is 9.67. The van der Waals surface area contributed by atoms with E-state index in [0.29, 0.717) is 26.2 Å². The third kappa shape index (κ3) is 6.40. The van der Waals surface area contributed by atoms with Crippen LogP contribution >= 0.6 is 0 Å². The third-order valence-electron chi connectivity index (χ3n) is 6.96. The summed E-state index contributed by atoms with van der Waals surface area (Å²) >= 11 is 0. The van der Waals surface area contributed by atoms with Gasteiger partial charge in [-0.2, -0.15) is 13.2 Å². The summed E-state index contributed by atoms with van der Waals surface area (Å²) in [5.41, 5.74) is 0.624. The summed E-state index contributed by atoms with van der Waals surface area (Å²) in [7, 11) is 0. The number of hydrogen-bond donors (Lipinski definition) is 1. The van der Waals surface area contributed by atoms with E-state index in [2.05, 4.69) is 14.8 Å². The Morgan fingerprint density at radius 1 is 0.947 bits per heavy atom. The number of benzene rings is 2. The number of alkyl halides is 3. The molecule has 0 spiro atoms. The van der Waals surface area contributed by atoms with Gasteiger partial charge in [0.25, 0.3) is 0 Å². The molecule has 1 unspecified atom stereocenters. The van der Waals surface area contributed by atoms with E-state index in [1.807, 2.05) is 36.4 Å². The van der Waals surface area contributed by atoms with Gasteiger partial charge in [-0.1, -0.05) is 48.5 Å². The Balaban J connectivity index is 1.43. The summed E-state index contributed by atoms with van der Waals surface area (Å²) in [6, 6.07) is 17.0. The first-order valence-electron chi connectivity index (χ1n) is 12.6. The van der Waals surface area contributed by atoms with Crippen LogP contribution in [0, 0.1) is 0 Å². The van der Waals surface area contributed by atoms with Gasteiger partial charge in [0.15, 0.2) is 5.60 Å². The van der Waals surface area contributed by atoms with Crippen LogP contribution < -0.4 is 0 Å². The number of rotatable bonds is 8. The largest absolute Gasteiger partial charge is 0.465 e. The van der Waals surface area contributed by atoms with Gasteiger partial charge in [0.2, 0.25) is 0 Å². The molecule has 1 aromatic heterocycles. The zero-order valence-electron chi connectivity index (χ0n) is 21.5. The van der Waals surface area contributed by atoms with E-state index >= 15 is 0 Å². The number of carbonyl (C=O) groups is 1. The Labute approximate surface area is 220 Å². The molecule has 0 amide bonds. The second kappa shape index (κ2) is 11.6. The predicted molar refractivity (Wildman–Crippen MR) is 138 cm³/mol. The average Bonchev–Trinajstić information content (AvgIpc) is 2.90. The number of piperazine rings is 1. The van der Waals surface area contributed by atoms with E-state index < -0.39 is 11.8 Å². The lowest BCUT2D eigenvalue weighted by Gasteiger charge is -2.40. The molecule has 38 heavy (non-hydrogen) atoms. The molecule has 1 aliphatic heterocycles. The lowest BCUT2D eigenvalue weighted by atomic mass is 9.93. The van der Waals surface area contributed by atoms with Crippen molar-refractivity contribution in [2.24, 2.45) is 0 Å². The normalized spacial score (nSPS) is 18.6. The fourth-order valence-electron chi connectivity index (χ4n) is 4.61. The van der Waals surface area contributed by atoms with Crippen LogP contribution in [0.5, 0.6) is 0 Å². The van der Waals surface area contributed by atoms with Crippen LogP contribution in [0.2, 0.25) is 0 Å². The van der Waals surface area contributed by atoms with Crippen molar-refractivity contribution in [3.63, 3.8) is 0 Å². The first kappa shape index (κ1) is 27.8. The van der Waals surface area contributed by atoms with Crippen molar-refractivity contribution >= 4 is 5.97 Å². The summed E-state index contributed by atoms with van der Waals surface area (Å²) in [4.78, 5) is 21.2. The zero-order chi connectivity index (χ0) is 27.3. The van der Waals surface area contributed by atoms with Gasteiger partial charge in [0, 0.05) is 45.1 Å². The molecule has 1 N–H and O–H groups in total. The molecule has 2 aromatic carbocycles. The highest BCUT2D eigenvalue weighted by Gasteiger charge is 2.51. The van der Waals surface area contributed by atoms with Gasteiger partial charge in [0.1, 0.15) is 6.04 Å². The molecule has 202 valence electrons. The Morgan fingerprint density at radius 3 is 2.11 bits per heavy atom. The molecule has 2 atom stereocenters. The molecule has 1 fully saturated rings. The van der Waals surface area contributed by atoms with Crippen molar-refractivity contribution in [1.82, 2.24) is 14.8 Å². The van der Waals surface area contributed by atoms with Gasteiger partial charge in [-0.25, -0.2) is 0 Å². The molecular formula is C29H32F3N3O3. The minimum atomic E-state index is -4.76. The number of nitrogens with zero attached hydrogens (tertiary/aromatic N) is 3. The van der Waals surface area contributed by atoms with Gasteiger partial charge in [-0.15, -0.1) is 0 Å². The molecular weight excluding hydrogens is 495 g/mol. The van der Waals surface area contributed by atoms with Gasteiger partial charge in [0.05, 0.1) is 6.61 Å². The monoisotopic (exact) mass is 527 g/mol. The summed E-state index contributed by atoms with van der Waals surface area (Å²) < 4.78 is 44.8. The highest BCUT2D eigenvalue weighted by atomic mass is 19.4. The Morgan fingerprint density at radius 2 is 1.53 bits per heavy atom.